The second-order valence-electron chi connectivity index (χ2n) is 5.94. The number of carbonyl (C=O) groups is 2. The summed E-state index contributed by atoms with van der Waals surface area (Å²) in [7, 11) is 5.05. The molecule has 134 valence electrons. The van der Waals surface area contributed by atoms with Gasteiger partial charge in [0.05, 0.1) is 16.8 Å². The monoisotopic (exact) mass is 371 g/mol. The fraction of sp³-hybridized carbons (Fsp3) is 0.167. The number of halogens is 1. The van der Waals surface area contributed by atoms with Gasteiger partial charge in [0.2, 0.25) is 0 Å². The number of aryl methyl sites for hydroxylation is 1. The Balaban J connectivity index is 1.90. The summed E-state index contributed by atoms with van der Waals surface area (Å²) in [6.07, 6.45) is 5.18. The minimum atomic E-state index is -0.327. The molecule has 3 rings (SSSR count). The predicted molar refractivity (Wildman–Crippen MR) is 100.0 cm³/mol. The molecule has 2 aromatic heterocycles. The standard InChI is InChI=1S/C18H18ClN5O2/c1-22(2)18(26)13-10-12(6-7-15(13)19)21-16(25)14-11-20-23(3)17(14)24-8-4-5-9-24/h4-11H,1-3H3,(H,21,25). The second-order valence-corrected chi connectivity index (χ2v) is 6.35. The minimum absolute atomic E-state index is 0.236. The molecule has 1 aromatic carbocycles. The SMILES string of the molecule is CN(C)C(=O)c1cc(NC(=O)c2cnn(C)c2-n2cccc2)ccc1Cl. The summed E-state index contributed by atoms with van der Waals surface area (Å²) in [5.41, 5.74) is 1.22. The molecule has 26 heavy (non-hydrogen) atoms. The lowest BCUT2D eigenvalue weighted by molar-refractivity contribution is 0.0827. The van der Waals surface area contributed by atoms with E-state index in [9.17, 15) is 9.59 Å². The maximum absolute atomic E-state index is 12.7. The number of rotatable bonds is 4. The summed E-state index contributed by atoms with van der Waals surface area (Å²) in [5.74, 6) is 0.0823. The Labute approximate surface area is 155 Å². The van der Waals surface area contributed by atoms with Crippen molar-refractivity contribution in [2.45, 2.75) is 0 Å². The van der Waals surface area contributed by atoms with Crippen molar-refractivity contribution in [2.24, 2.45) is 7.05 Å². The van der Waals surface area contributed by atoms with Crippen molar-refractivity contribution in [3.63, 3.8) is 0 Å². The van der Waals surface area contributed by atoms with Crippen LogP contribution < -0.4 is 5.32 Å². The highest BCUT2D eigenvalue weighted by Crippen LogP contribution is 2.23. The van der Waals surface area contributed by atoms with Crippen LogP contribution in [-0.4, -0.2) is 45.2 Å². The van der Waals surface area contributed by atoms with Gasteiger partial charge in [-0.2, -0.15) is 5.10 Å². The molecule has 2 heterocycles. The number of anilines is 1. The largest absolute Gasteiger partial charge is 0.345 e. The Kier molecular flexibility index (Phi) is 4.81. The fourth-order valence-corrected chi connectivity index (χ4v) is 2.78. The molecule has 0 atom stereocenters. The first-order valence-corrected chi connectivity index (χ1v) is 8.24. The van der Waals surface area contributed by atoms with Gasteiger partial charge in [-0.15, -0.1) is 0 Å². The Morgan fingerprint density at radius 3 is 2.50 bits per heavy atom. The quantitative estimate of drug-likeness (QED) is 0.766. The van der Waals surface area contributed by atoms with Gasteiger partial charge in [0.15, 0.2) is 0 Å². The van der Waals surface area contributed by atoms with Crippen molar-refractivity contribution in [3.8, 4) is 5.82 Å². The first kappa shape index (κ1) is 17.8. The van der Waals surface area contributed by atoms with Crippen LogP contribution >= 0.6 is 11.6 Å². The van der Waals surface area contributed by atoms with Crippen molar-refractivity contribution in [1.82, 2.24) is 19.2 Å². The van der Waals surface area contributed by atoms with E-state index in [0.717, 1.165) is 0 Å². The summed E-state index contributed by atoms with van der Waals surface area (Å²) in [4.78, 5) is 26.4. The molecular weight excluding hydrogens is 354 g/mol. The molecule has 2 amide bonds. The van der Waals surface area contributed by atoms with Gasteiger partial charge in [-0.25, -0.2) is 0 Å². The molecular formula is C18H18ClN5O2. The highest BCUT2D eigenvalue weighted by Gasteiger charge is 2.19. The van der Waals surface area contributed by atoms with Crippen LogP contribution in [0.2, 0.25) is 5.02 Å². The van der Waals surface area contributed by atoms with E-state index in [1.807, 2.05) is 29.1 Å². The van der Waals surface area contributed by atoms with Gasteiger partial charge in [-0.3, -0.25) is 14.3 Å². The van der Waals surface area contributed by atoms with Gasteiger partial charge < -0.3 is 14.8 Å². The highest BCUT2D eigenvalue weighted by molar-refractivity contribution is 6.34. The summed E-state index contributed by atoms with van der Waals surface area (Å²) < 4.78 is 3.43. The number of aromatic nitrogens is 3. The number of carbonyl (C=O) groups excluding carboxylic acids is 2. The van der Waals surface area contributed by atoms with Crippen LogP contribution in [0.3, 0.4) is 0 Å². The summed E-state index contributed by atoms with van der Waals surface area (Å²) in [6, 6.07) is 8.54. The van der Waals surface area contributed by atoms with Crippen molar-refractivity contribution < 1.29 is 9.59 Å². The zero-order valence-electron chi connectivity index (χ0n) is 14.6. The van der Waals surface area contributed by atoms with E-state index in [1.54, 1.807) is 44.0 Å². The van der Waals surface area contributed by atoms with Gasteiger partial charge >= 0.3 is 0 Å². The molecule has 0 saturated heterocycles. The summed E-state index contributed by atoms with van der Waals surface area (Å²) >= 11 is 6.11. The van der Waals surface area contributed by atoms with Crippen molar-refractivity contribution in [1.29, 1.82) is 0 Å². The van der Waals surface area contributed by atoms with Crippen LogP contribution in [0.5, 0.6) is 0 Å². The van der Waals surface area contributed by atoms with Gasteiger partial charge in [0.1, 0.15) is 11.4 Å². The third-order valence-electron chi connectivity index (χ3n) is 3.86. The Morgan fingerprint density at radius 2 is 1.85 bits per heavy atom. The fourth-order valence-electron chi connectivity index (χ4n) is 2.58. The van der Waals surface area contributed by atoms with Crippen LogP contribution in [0.25, 0.3) is 5.82 Å². The maximum atomic E-state index is 12.7. The molecule has 3 aromatic rings. The van der Waals surface area contributed by atoms with Crippen LogP contribution in [0.4, 0.5) is 5.69 Å². The van der Waals surface area contributed by atoms with E-state index < -0.39 is 0 Å². The number of amides is 2. The zero-order valence-corrected chi connectivity index (χ0v) is 15.4. The first-order chi connectivity index (χ1) is 12.4. The average molecular weight is 372 g/mol. The highest BCUT2D eigenvalue weighted by atomic mass is 35.5. The van der Waals surface area contributed by atoms with E-state index in [1.165, 1.54) is 11.1 Å². The molecule has 0 aliphatic carbocycles. The molecule has 0 aliphatic heterocycles. The maximum Gasteiger partial charge on any atom is 0.261 e. The molecule has 0 saturated carbocycles. The zero-order chi connectivity index (χ0) is 18.8. The molecule has 0 spiro atoms. The van der Waals surface area contributed by atoms with E-state index in [2.05, 4.69) is 10.4 Å². The molecule has 0 aliphatic rings. The topological polar surface area (TPSA) is 72.2 Å². The third-order valence-corrected chi connectivity index (χ3v) is 4.19. The minimum Gasteiger partial charge on any atom is -0.345 e. The molecule has 8 heteroatoms. The molecule has 0 fully saturated rings. The number of hydrogen-bond donors (Lipinski definition) is 1. The number of hydrogen-bond acceptors (Lipinski definition) is 3. The van der Waals surface area contributed by atoms with Crippen LogP contribution in [0.15, 0.2) is 48.9 Å². The molecule has 1 N–H and O–H groups in total. The smallest absolute Gasteiger partial charge is 0.261 e. The molecule has 7 nitrogen and oxygen atoms in total. The van der Waals surface area contributed by atoms with E-state index >= 15 is 0 Å². The van der Waals surface area contributed by atoms with Crippen molar-refractivity contribution in [2.75, 3.05) is 19.4 Å². The van der Waals surface area contributed by atoms with Crippen molar-refractivity contribution in [3.05, 3.63) is 65.1 Å². The Bertz CT molecular complexity index is 960. The van der Waals surface area contributed by atoms with Gasteiger partial charge in [0.25, 0.3) is 11.8 Å². The Hall–Kier alpha value is -3.06. The first-order valence-electron chi connectivity index (χ1n) is 7.86. The van der Waals surface area contributed by atoms with E-state index in [4.69, 9.17) is 11.6 Å². The van der Waals surface area contributed by atoms with Crippen LogP contribution in [-0.2, 0) is 7.05 Å². The summed E-state index contributed by atoms with van der Waals surface area (Å²) in [5, 5.41) is 7.30. The third kappa shape index (κ3) is 3.34. The van der Waals surface area contributed by atoms with E-state index in [0.29, 0.717) is 27.7 Å². The van der Waals surface area contributed by atoms with Gasteiger partial charge in [-0.1, -0.05) is 11.6 Å². The van der Waals surface area contributed by atoms with Crippen LogP contribution in [0, 0.1) is 0 Å². The lowest BCUT2D eigenvalue weighted by Gasteiger charge is -2.13. The van der Waals surface area contributed by atoms with Gasteiger partial charge in [0, 0.05) is 39.2 Å². The molecule has 0 bridgehead atoms. The number of nitrogens with one attached hydrogen (secondary N) is 1. The Morgan fingerprint density at radius 1 is 1.15 bits per heavy atom. The second kappa shape index (κ2) is 7.05. The van der Waals surface area contributed by atoms with Crippen LogP contribution in [0.1, 0.15) is 20.7 Å². The predicted octanol–water partition coefficient (Wildman–Crippen LogP) is 2.82. The lowest BCUT2D eigenvalue weighted by atomic mass is 10.1. The average Bonchev–Trinajstić information content (AvgIpc) is 3.24. The number of benzene rings is 1. The normalized spacial score (nSPS) is 10.6. The molecule has 0 radical (unpaired) electrons. The van der Waals surface area contributed by atoms with Gasteiger partial charge in [-0.05, 0) is 30.3 Å². The molecule has 0 unspecified atom stereocenters. The lowest BCUT2D eigenvalue weighted by Crippen LogP contribution is -2.22. The van der Waals surface area contributed by atoms with Crippen molar-refractivity contribution >= 4 is 29.1 Å². The number of nitrogens with zero attached hydrogens (tertiary/aromatic N) is 4. The summed E-state index contributed by atoms with van der Waals surface area (Å²) in [6.45, 7) is 0. The van der Waals surface area contributed by atoms with E-state index in [-0.39, 0.29) is 11.8 Å².